The highest BCUT2D eigenvalue weighted by atomic mass is 16.1. The lowest BCUT2D eigenvalue weighted by molar-refractivity contribution is -0.128. The van der Waals surface area contributed by atoms with Crippen LogP contribution in [0.4, 0.5) is 0 Å². The van der Waals surface area contributed by atoms with Crippen molar-refractivity contribution in [1.29, 1.82) is 5.26 Å². The molecule has 13 heavy (non-hydrogen) atoms. The number of nitrogens with two attached hydrogens (primary N) is 1. The molecule has 0 aliphatic carbocycles. The van der Waals surface area contributed by atoms with Crippen LogP contribution >= 0.6 is 0 Å². The molecule has 2 atom stereocenters. The molecule has 1 fully saturated rings. The number of likely N-dealkylation sites (tertiary alicyclic amines) is 1. The van der Waals surface area contributed by atoms with E-state index < -0.39 is 11.1 Å². The van der Waals surface area contributed by atoms with Gasteiger partial charge in [0.05, 0.1) is 11.6 Å². The van der Waals surface area contributed by atoms with E-state index in [1.54, 1.807) is 18.9 Å². The number of nitrogens with zero attached hydrogens (tertiary/aromatic N) is 2. The second-order valence-electron chi connectivity index (χ2n) is 4.08. The van der Waals surface area contributed by atoms with E-state index >= 15 is 0 Å². The molecule has 0 bridgehead atoms. The molecule has 0 aromatic rings. The molecule has 1 heterocycles. The maximum absolute atomic E-state index is 11.2. The summed E-state index contributed by atoms with van der Waals surface area (Å²) >= 11 is 0. The van der Waals surface area contributed by atoms with Gasteiger partial charge in [-0.3, -0.25) is 9.69 Å². The Morgan fingerprint density at radius 2 is 2.08 bits per heavy atom. The molecule has 1 amide bonds. The molecule has 2 unspecified atom stereocenters. The summed E-state index contributed by atoms with van der Waals surface area (Å²) in [5.41, 5.74) is 4.09. The van der Waals surface area contributed by atoms with Gasteiger partial charge in [-0.15, -0.1) is 0 Å². The maximum atomic E-state index is 11.2. The predicted octanol–water partition coefficient (Wildman–Crippen LogP) is 0.238. The monoisotopic (exact) mass is 181 g/mol. The molecule has 4 nitrogen and oxygen atoms in total. The predicted molar refractivity (Wildman–Crippen MR) is 48.6 cm³/mol. The van der Waals surface area contributed by atoms with Gasteiger partial charge in [0.15, 0.2) is 0 Å². The van der Waals surface area contributed by atoms with Crippen LogP contribution in [-0.4, -0.2) is 28.9 Å². The minimum atomic E-state index is -0.662. The van der Waals surface area contributed by atoms with Gasteiger partial charge in [-0.2, -0.15) is 5.26 Å². The molecule has 1 aliphatic heterocycles. The zero-order valence-electron chi connectivity index (χ0n) is 8.29. The van der Waals surface area contributed by atoms with Crippen molar-refractivity contribution in [2.75, 3.05) is 7.05 Å². The highest BCUT2D eigenvalue weighted by molar-refractivity contribution is 5.84. The van der Waals surface area contributed by atoms with Gasteiger partial charge in [0, 0.05) is 0 Å². The molecule has 0 spiro atoms. The van der Waals surface area contributed by atoms with Crippen LogP contribution in [-0.2, 0) is 4.79 Å². The van der Waals surface area contributed by atoms with Crippen LogP contribution in [0.15, 0.2) is 0 Å². The van der Waals surface area contributed by atoms with E-state index in [0.29, 0.717) is 12.8 Å². The zero-order chi connectivity index (χ0) is 10.3. The van der Waals surface area contributed by atoms with Crippen molar-refractivity contribution in [1.82, 2.24) is 4.90 Å². The number of hydrogen-bond donors (Lipinski definition) is 1. The first-order valence-electron chi connectivity index (χ1n) is 4.32. The Hall–Kier alpha value is -1.08. The summed E-state index contributed by atoms with van der Waals surface area (Å²) in [7, 11) is 1.78. The van der Waals surface area contributed by atoms with Gasteiger partial charge in [-0.1, -0.05) is 0 Å². The topological polar surface area (TPSA) is 70.1 Å². The molecule has 1 saturated heterocycles. The minimum absolute atomic E-state index is 0.353. The summed E-state index contributed by atoms with van der Waals surface area (Å²) in [4.78, 5) is 13.0. The van der Waals surface area contributed by atoms with E-state index in [2.05, 4.69) is 6.07 Å². The normalized spacial score (nSPS) is 40.2. The number of carbonyl (C=O) groups excluding carboxylic acids is 1. The second kappa shape index (κ2) is 2.71. The molecule has 4 heteroatoms. The maximum Gasteiger partial charge on any atom is 0.237 e. The quantitative estimate of drug-likeness (QED) is 0.630. The highest BCUT2D eigenvalue weighted by Crippen LogP contribution is 2.38. The van der Waals surface area contributed by atoms with Gasteiger partial charge >= 0.3 is 0 Å². The first-order valence-corrected chi connectivity index (χ1v) is 4.32. The zero-order valence-corrected chi connectivity index (χ0v) is 8.29. The van der Waals surface area contributed by atoms with Crippen LogP contribution in [0.5, 0.6) is 0 Å². The number of rotatable bonds is 1. The molecular formula is C9H15N3O. The fourth-order valence-electron chi connectivity index (χ4n) is 1.79. The van der Waals surface area contributed by atoms with Gasteiger partial charge in [-0.25, -0.2) is 0 Å². The Labute approximate surface area is 78.3 Å². The Morgan fingerprint density at radius 3 is 2.31 bits per heavy atom. The van der Waals surface area contributed by atoms with Crippen LogP contribution < -0.4 is 5.73 Å². The summed E-state index contributed by atoms with van der Waals surface area (Å²) in [6, 6.07) is 2.22. The summed E-state index contributed by atoms with van der Waals surface area (Å²) in [6.07, 6.45) is 1.35. The Bertz CT molecular complexity index is 283. The van der Waals surface area contributed by atoms with Crippen molar-refractivity contribution >= 4 is 5.91 Å². The number of primary amides is 1. The minimum Gasteiger partial charge on any atom is -0.368 e. The van der Waals surface area contributed by atoms with Gasteiger partial charge in [0.1, 0.15) is 5.54 Å². The van der Waals surface area contributed by atoms with E-state index in [9.17, 15) is 4.79 Å². The average molecular weight is 181 g/mol. The third kappa shape index (κ3) is 1.20. The van der Waals surface area contributed by atoms with Crippen molar-refractivity contribution in [2.45, 2.75) is 37.8 Å². The van der Waals surface area contributed by atoms with Gasteiger partial charge in [0.25, 0.3) is 0 Å². The van der Waals surface area contributed by atoms with E-state index in [-0.39, 0.29) is 5.91 Å². The van der Waals surface area contributed by atoms with Crippen LogP contribution in [0.2, 0.25) is 0 Å². The van der Waals surface area contributed by atoms with Crippen LogP contribution in [0, 0.1) is 11.3 Å². The molecular weight excluding hydrogens is 166 g/mol. The number of amides is 1. The van der Waals surface area contributed by atoms with Crippen LogP contribution in [0.3, 0.4) is 0 Å². The van der Waals surface area contributed by atoms with Crippen molar-refractivity contribution in [3.8, 4) is 6.07 Å². The number of nitriles is 1. The van der Waals surface area contributed by atoms with Crippen molar-refractivity contribution in [2.24, 2.45) is 5.73 Å². The molecule has 0 radical (unpaired) electrons. The molecule has 0 saturated carbocycles. The summed E-state index contributed by atoms with van der Waals surface area (Å²) in [6.45, 7) is 3.62. The molecule has 0 aromatic carbocycles. The largest absolute Gasteiger partial charge is 0.368 e. The number of likely N-dealkylation sites (N-methyl/N-ethyl adjacent to an activating group) is 1. The van der Waals surface area contributed by atoms with E-state index in [1.807, 2.05) is 6.92 Å². The lowest BCUT2D eigenvalue weighted by Crippen LogP contribution is -2.55. The van der Waals surface area contributed by atoms with Gasteiger partial charge < -0.3 is 5.73 Å². The summed E-state index contributed by atoms with van der Waals surface area (Å²) in [5, 5.41) is 8.97. The summed E-state index contributed by atoms with van der Waals surface area (Å²) in [5.74, 6) is -0.353. The van der Waals surface area contributed by atoms with E-state index in [0.717, 1.165) is 0 Å². The Kier molecular flexibility index (Phi) is 2.08. The molecule has 72 valence electrons. The third-order valence-corrected chi connectivity index (χ3v) is 3.35. The fraction of sp³-hybridized carbons (Fsp3) is 0.778. The van der Waals surface area contributed by atoms with Gasteiger partial charge in [0.2, 0.25) is 5.91 Å². The lowest BCUT2D eigenvalue weighted by Gasteiger charge is -2.34. The van der Waals surface area contributed by atoms with Crippen LogP contribution in [0.1, 0.15) is 26.7 Å². The Morgan fingerprint density at radius 1 is 1.54 bits per heavy atom. The standard InChI is InChI=1S/C9H15N3O/c1-8(6-10)4-5-9(2,7(11)13)12(8)3/h4-5H2,1-3H3,(H2,11,13). The Balaban J connectivity index is 3.02. The fourth-order valence-corrected chi connectivity index (χ4v) is 1.79. The van der Waals surface area contributed by atoms with E-state index in [4.69, 9.17) is 11.0 Å². The third-order valence-electron chi connectivity index (χ3n) is 3.35. The SMILES string of the molecule is CN1C(C)(C#N)CCC1(C)C(N)=O. The summed E-state index contributed by atoms with van der Waals surface area (Å²) < 4.78 is 0. The molecule has 0 aromatic heterocycles. The number of hydrogen-bond acceptors (Lipinski definition) is 3. The molecule has 1 rings (SSSR count). The first-order chi connectivity index (χ1) is 5.87. The van der Waals surface area contributed by atoms with Crippen molar-refractivity contribution < 1.29 is 4.79 Å². The smallest absolute Gasteiger partial charge is 0.237 e. The molecule has 1 aliphatic rings. The number of carbonyl (C=O) groups is 1. The average Bonchev–Trinajstić information content (AvgIpc) is 2.32. The van der Waals surface area contributed by atoms with E-state index in [1.165, 1.54) is 0 Å². The first kappa shape index (κ1) is 10.0. The highest BCUT2D eigenvalue weighted by Gasteiger charge is 2.51. The van der Waals surface area contributed by atoms with Crippen molar-refractivity contribution in [3.05, 3.63) is 0 Å². The van der Waals surface area contributed by atoms with Crippen molar-refractivity contribution in [3.63, 3.8) is 0 Å². The second-order valence-corrected chi connectivity index (χ2v) is 4.08. The molecule has 2 N–H and O–H groups in total. The van der Waals surface area contributed by atoms with Crippen LogP contribution in [0.25, 0.3) is 0 Å². The van der Waals surface area contributed by atoms with Gasteiger partial charge in [-0.05, 0) is 33.7 Å². The lowest BCUT2D eigenvalue weighted by atomic mass is 9.98.